The predicted molar refractivity (Wildman–Crippen MR) is 79.9 cm³/mol. The van der Waals surface area contributed by atoms with Gasteiger partial charge in [-0.2, -0.15) is 0 Å². The van der Waals surface area contributed by atoms with Crippen LogP contribution in [0.25, 0.3) is 0 Å². The molecule has 19 heavy (non-hydrogen) atoms. The summed E-state index contributed by atoms with van der Waals surface area (Å²) in [6, 6.07) is 0.500. The lowest BCUT2D eigenvalue weighted by Gasteiger charge is -2.32. The molecule has 4 nitrogen and oxygen atoms in total. The zero-order chi connectivity index (χ0) is 13.8. The number of hydrogen-bond donors (Lipinski definition) is 1. The van der Waals surface area contributed by atoms with Gasteiger partial charge in [-0.15, -0.1) is 0 Å². The van der Waals surface area contributed by atoms with Gasteiger partial charge in [-0.1, -0.05) is 18.0 Å². The Morgan fingerprint density at radius 1 is 1.16 bits per heavy atom. The molecule has 1 N–H and O–H groups in total. The number of aryl methyl sites for hydroxylation is 2. The van der Waals surface area contributed by atoms with E-state index in [0.717, 1.165) is 17.9 Å². The smallest absolute Gasteiger partial charge is 0.171 e. The summed E-state index contributed by atoms with van der Waals surface area (Å²) in [7, 11) is 0. The summed E-state index contributed by atoms with van der Waals surface area (Å²) in [5.74, 6) is 0.702. The molecule has 1 aliphatic heterocycles. The molecular formula is C14H23ClN4. The van der Waals surface area contributed by atoms with Crippen LogP contribution in [0.1, 0.15) is 37.6 Å². The highest BCUT2D eigenvalue weighted by Crippen LogP contribution is 2.19. The zero-order valence-electron chi connectivity index (χ0n) is 12.0. The first kappa shape index (κ1) is 14.5. The number of aromatic nitrogens is 2. The molecule has 1 unspecified atom stereocenters. The van der Waals surface area contributed by atoms with Gasteiger partial charge in [0.05, 0.1) is 11.4 Å². The molecule has 1 atom stereocenters. The lowest BCUT2D eigenvalue weighted by atomic mass is 10.1. The molecule has 0 aliphatic carbocycles. The van der Waals surface area contributed by atoms with Crippen molar-refractivity contribution in [3.63, 3.8) is 0 Å². The highest BCUT2D eigenvalue weighted by atomic mass is 35.5. The predicted octanol–water partition coefficient (Wildman–Crippen LogP) is 3.03. The fourth-order valence-electron chi connectivity index (χ4n) is 2.42. The molecule has 2 heterocycles. The average Bonchev–Trinajstić information content (AvgIpc) is 2.42. The summed E-state index contributed by atoms with van der Waals surface area (Å²) in [5.41, 5.74) is 1.82. The van der Waals surface area contributed by atoms with E-state index in [0.29, 0.717) is 17.0 Å². The molecule has 1 aliphatic rings. The summed E-state index contributed by atoms with van der Waals surface area (Å²) in [5, 5.41) is 3.80. The molecule has 1 aromatic heterocycles. The van der Waals surface area contributed by atoms with E-state index in [9.17, 15) is 0 Å². The molecule has 1 aromatic rings. The van der Waals surface area contributed by atoms with Crippen LogP contribution in [-0.4, -0.2) is 40.5 Å². The molecule has 0 aromatic carbocycles. The first-order valence-electron chi connectivity index (χ1n) is 7.06. The first-order chi connectivity index (χ1) is 9.08. The second-order valence-corrected chi connectivity index (χ2v) is 5.72. The number of nitrogens with zero attached hydrogens (tertiary/aromatic N) is 3. The monoisotopic (exact) mass is 282 g/mol. The molecular weight excluding hydrogens is 260 g/mol. The van der Waals surface area contributed by atoms with Crippen molar-refractivity contribution in [3.05, 3.63) is 16.5 Å². The minimum absolute atomic E-state index is 0.467. The van der Waals surface area contributed by atoms with Crippen LogP contribution < -0.4 is 5.32 Å². The standard InChI is InChI=1S/C14H23ClN4/c1-10(19-7-5-4-6-8-19)9-16-14-13(15)17-11(2)12(3)18-14/h10H,4-9H2,1-3H3,(H,16,18). The fourth-order valence-corrected chi connectivity index (χ4v) is 2.66. The molecule has 0 saturated carbocycles. The number of piperidine rings is 1. The van der Waals surface area contributed by atoms with Crippen LogP contribution >= 0.6 is 11.6 Å². The van der Waals surface area contributed by atoms with Crippen LogP contribution in [0.4, 0.5) is 5.82 Å². The maximum Gasteiger partial charge on any atom is 0.171 e. The number of hydrogen-bond acceptors (Lipinski definition) is 4. The molecule has 1 fully saturated rings. The van der Waals surface area contributed by atoms with Gasteiger partial charge in [-0.05, 0) is 46.7 Å². The number of anilines is 1. The minimum atomic E-state index is 0.467. The zero-order valence-corrected chi connectivity index (χ0v) is 12.8. The lowest BCUT2D eigenvalue weighted by Crippen LogP contribution is -2.41. The summed E-state index contributed by atoms with van der Waals surface area (Å²) in [6.07, 6.45) is 3.99. The highest BCUT2D eigenvalue weighted by Gasteiger charge is 2.17. The quantitative estimate of drug-likeness (QED) is 0.922. The van der Waals surface area contributed by atoms with Crippen molar-refractivity contribution in [1.29, 1.82) is 0 Å². The molecule has 0 amide bonds. The van der Waals surface area contributed by atoms with Gasteiger partial charge in [0.2, 0.25) is 0 Å². The van der Waals surface area contributed by atoms with Gasteiger partial charge >= 0.3 is 0 Å². The Kier molecular flexibility index (Phi) is 4.99. The number of likely N-dealkylation sites (tertiary alicyclic amines) is 1. The second-order valence-electron chi connectivity index (χ2n) is 5.36. The van der Waals surface area contributed by atoms with Crippen molar-refractivity contribution in [2.45, 2.75) is 46.1 Å². The maximum atomic E-state index is 6.12. The van der Waals surface area contributed by atoms with Crippen molar-refractivity contribution >= 4 is 17.4 Å². The van der Waals surface area contributed by atoms with E-state index >= 15 is 0 Å². The van der Waals surface area contributed by atoms with Crippen molar-refractivity contribution in [1.82, 2.24) is 14.9 Å². The molecule has 5 heteroatoms. The van der Waals surface area contributed by atoms with Crippen molar-refractivity contribution < 1.29 is 0 Å². The summed E-state index contributed by atoms with van der Waals surface area (Å²) in [6.45, 7) is 9.40. The second kappa shape index (κ2) is 6.53. The summed E-state index contributed by atoms with van der Waals surface area (Å²) < 4.78 is 0. The van der Waals surface area contributed by atoms with E-state index in [-0.39, 0.29) is 0 Å². The third-order valence-corrected chi connectivity index (χ3v) is 4.11. The Bertz CT molecular complexity index is 430. The average molecular weight is 283 g/mol. The topological polar surface area (TPSA) is 41.1 Å². The third-order valence-electron chi connectivity index (χ3n) is 3.84. The van der Waals surface area contributed by atoms with E-state index in [2.05, 4.69) is 27.1 Å². The van der Waals surface area contributed by atoms with Gasteiger partial charge in [-0.25, -0.2) is 9.97 Å². The SMILES string of the molecule is Cc1nc(Cl)c(NCC(C)N2CCCCC2)nc1C. The van der Waals surface area contributed by atoms with Crippen LogP contribution in [0.5, 0.6) is 0 Å². The van der Waals surface area contributed by atoms with E-state index in [1.807, 2.05) is 13.8 Å². The fraction of sp³-hybridized carbons (Fsp3) is 0.714. The highest BCUT2D eigenvalue weighted by molar-refractivity contribution is 6.31. The van der Waals surface area contributed by atoms with Gasteiger partial charge in [-0.3, -0.25) is 4.90 Å². The Labute approximate surface area is 120 Å². The molecule has 2 rings (SSSR count). The molecule has 1 saturated heterocycles. The van der Waals surface area contributed by atoms with Gasteiger partial charge in [0.25, 0.3) is 0 Å². The molecule has 0 bridgehead atoms. The van der Waals surface area contributed by atoms with Gasteiger partial charge in [0.15, 0.2) is 11.0 Å². The van der Waals surface area contributed by atoms with Crippen molar-refractivity contribution in [3.8, 4) is 0 Å². The third kappa shape index (κ3) is 3.80. The Balaban J connectivity index is 1.92. The Hall–Kier alpha value is -0.870. The van der Waals surface area contributed by atoms with Gasteiger partial charge < -0.3 is 5.32 Å². The molecule has 0 radical (unpaired) electrons. The molecule has 0 spiro atoms. The van der Waals surface area contributed by atoms with Crippen LogP contribution in [0.2, 0.25) is 5.15 Å². The van der Waals surface area contributed by atoms with Gasteiger partial charge in [0.1, 0.15) is 0 Å². The normalized spacial score (nSPS) is 18.3. The Morgan fingerprint density at radius 2 is 1.79 bits per heavy atom. The van der Waals surface area contributed by atoms with Crippen molar-refractivity contribution in [2.24, 2.45) is 0 Å². The Morgan fingerprint density at radius 3 is 2.47 bits per heavy atom. The summed E-state index contributed by atoms with van der Waals surface area (Å²) in [4.78, 5) is 11.3. The van der Waals surface area contributed by atoms with E-state index in [1.54, 1.807) is 0 Å². The molecule has 106 valence electrons. The maximum absolute atomic E-state index is 6.12. The van der Waals surface area contributed by atoms with Crippen LogP contribution in [0, 0.1) is 13.8 Å². The van der Waals surface area contributed by atoms with Gasteiger partial charge in [0, 0.05) is 12.6 Å². The number of rotatable bonds is 4. The number of nitrogens with one attached hydrogen (secondary N) is 1. The lowest BCUT2D eigenvalue weighted by molar-refractivity contribution is 0.180. The van der Waals surface area contributed by atoms with Crippen LogP contribution in [0.3, 0.4) is 0 Å². The first-order valence-corrected chi connectivity index (χ1v) is 7.44. The van der Waals surface area contributed by atoms with Crippen LogP contribution in [-0.2, 0) is 0 Å². The van der Waals surface area contributed by atoms with E-state index < -0.39 is 0 Å². The van der Waals surface area contributed by atoms with E-state index in [1.165, 1.54) is 32.4 Å². The van der Waals surface area contributed by atoms with E-state index in [4.69, 9.17) is 11.6 Å². The van der Waals surface area contributed by atoms with Crippen LogP contribution in [0.15, 0.2) is 0 Å². The minimum Gasteiger partial charge on any atom is -0.366 e. The largest absolute Gasteiger partial charge is 0.366 e. The summed E-state index contributed by atoms with van der Waals surface area (Å²) >= 11 is 6.12. The van der Waals surface area contributed by atoms with Crippen molar-refractivity contribution in [2.75, 3.05) is 25.0 Å². The number of halogens is 1.